The molecule has 2 heteroatoms. The highest BCUT2D eigenvalue weighted by molar-refractivity contribution is 5.79. The molecule has 0 radical (unpaired) electrons. The first-order chi connectivity index (χ1) is 7.45. The van der Waals surface area contributed by atoms with E-state index < -0.39 is 0 Å². The molecule has 0 N–H and O–H groups in total. The number of rotatable bonds is 3. The highest BCUT2D eigenvalue weighted by Crippen LogP contribution is 2.00. The molecule has 0 spiro atoms. The van der Waals surface area contributed by atoms with Gasteiger partial charge in [-0.15, -0.1) is 0 Å². The summed E-state index contributed by atoms with van der Waals surface area (Å²) in [5, 5.41) is 0. The fourth-order valence-electron chi connectivity index (χ4n) is 1.29. The standard InChI is InChI=1S/C13H12N2/c1-2-4-12(5-3-1)10-15-11-13-6-8-14-9-7-13/h1-9,11H,10H2. The summed E-state index contributed by atoms with van der Waals surface area (Å²) in [5.74, 6) is 0. The molecule has 2 rings (SSSR count). The molecule has 0 aliphatic carbocycles. The van der Waals surface area contributed by atoms with Crippen LogP contribution in [0.1, 0.15) is 11.1 Å². The second kappa shape index (κ2) is 5.05. The van der Waals surface area contributed by atoms with Gasteiger partial charge in [-0.1, -0.05) is 30.3 Å². The van der Waals surface area contributed by atoms with Crippen LogP contribution in [0.3, 0.4) is 0 Å². The van der Waals surface area contributed by atoms with Gasteiger partial charge < -0.3 is 0 Å². The van der Waals surface area contributed by atoms with Crippen molar-refractivity contribution in [2.75, 3.05) is 0 Å². The molecule has 0 amide bonds. The monoisotopic (exact) mass is 196 g/mol. The molecular formula is C13H12N2. The number of aromatic nitrogens is 1. The van der Waals surface area contributed by atoms with Gasteiger partial charge in [-0.05, 0) is 23.3 Å². The SMILES string of the molecule is C(=NCc1ccccc1)c1ccncc1. The Morgan fingerprint density at radius 2 is 1.73 bits per heavy atom. The lowest BCUT2D eigenvalue weighted by Crippen LogP contribution is -1.84. The minimum atomic E-state index is 0.725. The summed E-state index contributed by atoms with van der Waals surface area (Å²) in [7, 11) is 0. The molecule has 0 saturated heterocycles. The summed E-state index contributed by atoms with van der Waals surface area (Å²) in [6.45, 7) is 0.725. The van der Waals surface area contributed by atoms with Crippen molar-refractivity contribution in [2.45, 2.75) is 6.54 Å². The third-order valence-electron chi connectivity index (χ3n) is 2.06. The molecule has 1 heterocycles. The zero-order chi connectivity index (χ0) is 10.3. The molecule has 0 fully saturated rings. The van der Waals surface area contributed by atoms with E-state index in [1.165, 1.54) is 5.56 Å². The molecule has 1 aromatic carbocycles. The molecule has 0 atom stereocenters. The number of nitrogens with zero attached hydrogens (tertiary/aromatic N) is 2. The van der Waals surface area contributed by atoms with Gasteiger partial charge in [-0.25, -0.2) is 0 Å². The van der Waals surface area contributed by atoms with Gasteiger partial charge >= 0.3 is 0 Å². The third-order valence-corrected chi connectivity index (χ3v) is 2.06. The zero-order valence-corrected chi connectivity index (χ0v) is 8.38. The molecule has 0 saturated carbocycles. The van der Waals surface area contributed by atoms with Crippen LogP contribution in [0.4, 0.5) is 0 Å². The topological polar surface area (TPSA) is 25.2 Å². The van der Waals surface area contributed by atoms with Crippen molar-refractivity contribution in [2.24, 2.45) is 4.99 Å². The average Bonchev–Trinajstić information content (AvgIpc) is 2.32. The van der Waals surface area contributed by atoms with E-state index in [1.54, 1.807) is 12.4 Å². The number of pyridine rings is 1. The van der Waals surface area contributed by atoms with E-state index in [0.29, 0.717) is 0 Å². The zero-order valence-electron chi connectivity index (χ0n) is 8.38. The molecule has 15 heavy (non-hydrogen) atoms. The Labute approximate surface area is 89.3 Å². The molecular weight excluding hydrogens is 184 g/mol. The van der Waals surface area contributed by atoms with Gasteiger partial charge in [-0.2, -0.15) is 0 Å². The number of hydrogen-bond acceptors (Lipinski definition) is 2. The van der Waals surface area contributed by atoms with Crippen molar-refractivity contribution in [3.05, 3.63) is 66.0 Å². The molecule has 0 bridgehead atoms. The van der Waals surface area contributed by atoms with Gasteiger partial charge in [0.1, 0.15) is 0 Å². The van der Waals surface area contributed by atoms with E-state index in [2.05, 4.69) is 22.1 Å². The lowest BCUT2D eigenvalue weighted by Gasteiger charge is -1.94. The molecule has 74 valence electrons. The Hall–Kier alpha value is -1.96. The summed E-state index contributed by atoms with van der Waals surface area (Å²) in [5.41, 5.74) is 2.31. The second-order valence-corrected chi connectivity index (χ2v) is 3.24. The van der Waals surface area contributed by atoms with Crippen molar-refractivity contribution in [3.63, 3.8) is 0 Å². The van der Waals surface area contributed by atoms with Crippen LogP contribution in [-0.2, 0) is 6.54 Å². The van der Waals surface area contributed by atoms with Crippen LogP contribution in [0.5, 0.6) is 0 Å². The van der Waals surface area contributed by atoms with Crippen LogP contribution in [0, 0.1) is 0 Å². The molecule has 2 aromatic rings. The number of hydrogen-bond donors (Lipinski definition) is 0. The lowest BCUT2D eigenvalue weighted by atomic mass is 10.2. The Morgan fingerprint density at radius 1 is 1.00 bits per heavy atom. The number of benzene rings is 1. The Morgan fingerprint density at radius 3 is 2.47 bits per heavy atom. The van der Waals surface area contributed by atoms with E-state index in [9.17, 15) is 0 Å². The first-order valence-corrected chi connectivity index (χ1v) is 4.89. The van der Waals surface area contributed by atoms with Gasteiger partial charge in [0.05, 0.1) is 6.54 Å². The Kier molecular flexibility index (Phi) is 3.23. The maximum Gasteiger partial charge on any atom is 0.0639 e. The normalized spacial score (nSPS) is 10.7. The molecule has 0 aliphatic heterocycles. The van der Waals surface area contributed by atoms with Crippen LogP contribution in [0.15, 0.2) is 59.9 Å². The van der Waals surface area contributed by atoms with E-state index in [-0.39, 0.29) is 0 Å². The predicted octanol–water partition coefficient (Wildman–Crippen LogP) is 2.70. The van der Waals surface area contributed by atoms with E-state index in [4.69, 9.17) is 0 Å². The van der Waals surface area contributed by atoms with Gasteiger partial charge in [-0.3, -0.25) is 9.98 Å². The minimum Gasteiger partial charge on any atom is -0.288 e. The summed E-state index contributed by atoms with van der Waals surface area (Å²) >= 11 is 0. The van der Waals surface area contributed by atoms with Crippen molar-refractivity contribution in [3.8, 4) is 0 Å². The minimum absolute atomic E-state index is 0.725. The smallest absolute Gasteiger partial charge is 0.0639 e. The largest absolute Gasteiger partial charge is 0.288 e. The summed E-state index contributed by atoms with van der Waals surface area (Å²) in [4.78, 5) is 8.31. The van der Waals surface area contributed by atoms with Crippen molar-refractivity contribution >= 4 is 6.21 Å². The van der Waals surface area contributed by atoms with Crippen molar-refractivity contribution in [1.82, 2.24) is 4.98 Å². The quantitative estimate of drug-likeness (QED) is 0.693. The summed E-state index contributed by atoms with van der Waals surface area (Å²) in [6.07, 6.45) is 5.41. The number of aliphatic imine (C=N–C) groups is 1. The lowest BCUT2D eigenvalue weighted by molar-refractivity contribution is 1.08. The first-order valence-electron chi connectivity index (χ1n) is 4.89. The van der Waals surface area contributed by atoms with Crippen LogP contribution >= 0.6 is 0 Å². The van der Waals surface area contributed by atoms with Crippen LogP contribution in [0.2, 0.25) is 0 Å². The summed E-state index contributed by atoms with van der Waals surface area (Å²) < 4.78 is 0. The fraction of sp³-hybridized carbons (Fsp3) is 0.0769. The second-order valence-electron chi connectivity index (χ2n) is 3.24. The average molecular weight is 196 g/mol. The van der Waals surface area contributed by atoms with E-state index in [0.717, 1.165) is 12.1 Å². The highest BCUT2D eigenvalue weighted by atomic mass is 14.7. The summed E-state index contributed by atoms with van der Waals surface area (Å²) in [6, 6.07) is 14.1. The fourth-order valence-corrected chi connectivity index (χ4v) is 1.29. The van der Waals surface area contributed by atoms with E-state index in [1.807, 2.05) is 36.5 Å². The molecule has 0 aliphatic rings. The van der Waals surface area contributed by atoms with Gasteiger partial charge in [0.15, 0.2) is 0 Å². The Bertz CT molecular complexity index is 421. The van der Waals surface area contributed by atoms with Gasteiger partial charge in [0, 0.05) is 18.6 Å². The van der Waals surface area contributed by atoms with Crippen molar-refractivity contribution < 1.29 is 0 Å². The molecule has 0 unspecified atom stereocenters. The molecule has 2 nitrogen and oxygen atoms in total. The van der Waals surface area contributed by atoms with Crippen molar-refractivity contribution in [1.29, 1.82) is 0 Å². The maximum atomic E-state index is 4.36. The predicted molar refractivity (Wildman–Crippen MR) is 62.0 cm³/mol. The van der Waals surface area contributed by atoms with Gasteiger partial charge in [0.2, 0.25) is 0 Å². The van der Waals surface area contributed by atoms with Crippen LogP contribution < -0.4 is 0 Å². The Balaban J connectivity index is 1.97. The first kappa shape index (κ1) is 9.59. The third kappa shape index (κ3) is 3.02. The van der Waals surface area contributed by atoms with Crippen LogP contribution in [0.25, 0.3) is 0 Å². The van der Waals surface area contributed by atoms with E-state index >= 15 is 0 Å². The maximum absolute atomic E-state index is 4.36. The highest BCUT2D eigenvalue weighted by Gasteiger charge is 1.87. The van der Waals surface area contributed by atoms with Crippen LogP contribution in [-0.4, -0.2) is 11.2 Å². The van der Waals surface area contributed by atoms with Gasteiger partial charge in [0.25, 0.3) is 0 Å². The molecule has 1 aromatic heterocycles.